The number of carbonyl (C=O) groups excluding carboxylic acids is 2. The molecule has 0 unspecified atom stereocenters. The summed E-state index contributed by atoms with van der Waals surface area (Å²) in [5.74, 6) is -0.367. The van der Waals surface area contributed by atoms with E-state index in [1.54, 1.807) is 19.1 Å². The maximum atomic E-state index is 14.2. The molecule has 2 aromatic carbocycles. The van der Waals surface area contributed by atoms with Crippen molar-refractivity contribution in [2.24, 2.45) is 11.7 Å². The molecule has 5 N–H and O–H groups in total. The fourth-order valence-electron chi connectivity index (χ4n) is 5.63. The number of piperazine rings is 1. The number of aryl methyl sites for hydroxylation is 1. The fourth-order valence-corrected chi connectivity index (χ4v) is 7.08. The molecule has 2 fully saturated rings. The molecule has 2 amide bonds. The molecular weight excluding hydrogens is 691 g/mol. The number of aromatic nitrogens is 2. The van der Waals surface area contributed by atoms with Crippen LogP contribution in [0, 0.1) is 18.7 Å². The molecule has 1 saturated heterocycles. The van der Waals surface area contributed by atoms with E-state index in [2.05, 4.69) is 46.2 Å². The Bertz CT molecular complexity index is 1720. The summed E-state index contributed by atoms with van der Waals surface area (Å²) in [6.07, 6.45) is 7.35. The number of hydrogen-bond donors (Lipinski definition) is 4. The van der Waals surface area contributed by atoms with Crippen LogP contribution in [0.3, 0.4) is 0 Å². The maximum absolute atomic E-state index is 14.2. The van der Waals surface area contributed by atoms with Crippen LogP contribution in [0.5, 0.6) is 0 Å². The predicted molar refractivity (Wildman–Crippen MR) is 182 cm³/mol. The second-order valence-electron chi connectivity index (χ2n) is 12.0. The highest BCUT2D eigenvalue weighted by molar-refractivity contribution is 9.10. The molecule has 0 atom stereocenters. The summed E-state index contributed by atoms with van der Waals surface area (Å²) in [6, 6.07) is 8.80. The van der Waals surface area contributed by atoms with Gasteiger partial charge in [0.2, 0.25) is 21.9 Å². The van der Waals surface area contributed by atoms with Crippen molar-refractivity contribution in [3.63, 3.8) is 0 Å². The highest BCUT2D eigenvalue weighted by Gasteiger charge is 2.26. The Kier molecular flexibility index (Phi) is 11.4. The van der Waals surface area contributed by atoms with Crippen LogP contribution >= 0.6 is 15.9 Å². The number of hydrogen-bond acceptors (Lipinski definition) is 9. The van der Waals surface area contributed by atoms with Crippen LogP contribution < -0.4 is 21.1 Å². The minimum Gasteiger partial charge on any atom is -0.365 e. The Morgan fingerprint density at radius 2 is 1.83 bits per heavy atom. The van der Waals surface area contributed by atoms with Gasteiger partial charge in [-0.3, -0.25) is 14.5 Å². The van der Waals surface area contributed by atoms with Gasteiger partial charge < -0.3 is 21.3 Å². The number of nitrogens with zero attached hydrogens (tertiary/aromatic N) is 4. The molecule has 47 heavy (non-hydrogen) atoms. The van der Waals surface area contributed by atoms with Crippen molar-refractivity contribution >= 4 is 60.9 Å². The Morgan fingerprint density at radius 1 is 1.06 bits per heavy atom. The Hall–Kier alpha value is -3.66. The zero-order valence-electron chi connectivity index (χ0n) is 26.3. The first-order chi connectivity index (χ1) is 22.5. The number of carbonyl (C=O) groups is 2. The zero-order valence-corrected chi connectivity index (χ0v) is 28.7. The monoisotopic (exact) mass is 730 g/mol. The van der Waals surface area contributed by atoms with Gasteiger partial charge in [0, 0.05) is 51.0 Å². The number of benzene rings is 2. The lowest BCUT2D eigenvalue weighted by Gasteiger charge is -2.36. The van der Waals surface area contributed by atoms with Gasteiger partial charge in [0.25, 0.3) is 5.91 Å². The van der Waals surface area contributed by atoms with E-state index in [9.17, 15) is 22.4 Å². The van der Waals surface area contributed by atoms with Gasteiger partial charge in [-0.15, -0.1) is 0 Å². The molecule has 12 nitrogen and oxygen atoms in total. The summed E-state index contributed by atoms with van der Waals surface area (Å²) in [4.78, 5) is 37.4. The number of nitrogens with two attached hydrogens (primary N) is 1. The molecule has 0 radical (unpaired) electrons. The minimum atomic E-state index is -3.72. The molecule has 15 heteroatoms. The molecule has 2 heterocycles. The number of primary amides is 1. The standard InChI is InChI=1S/C32H40BrFN8O4S/c1-21-18-23(47(45,46)37-12-2-3-13-41-14-16-42(17-15-41)28(43)19-22-6-4-7-22)10-11-26(21)39-32-36-20-24(33)31(40-32)38-27-9-5-8-25(34)29(27)30(35)44/h5,8-11,18,20,22,37H,2-4,6-7,12-17,19H2,1H3,(H2,35,44)(H2,36,38,39,40). The van der Waals surface area contributed by atoms with Gasteiger partial charge >= 0.3 is 0 Å². The lowest BCUT2D eigenvalue weighted by Crippen LogP contribution is -2.49. The van der Waals surface area contributed by atoms with Gasteiger partial charge in [0.05, 0.1) is 20.6 Å². The number of unbranched alkanes of at least 4 members (excludes halogenated alkanes) is 1. The van der Waals surface area contributed by atoms with Gasteiger partial charge in [0.15, 0.2) is 0 Å². The molecule has 0 spiro atoms. The Morgan fingerprint density at radius 3 is 2.51 bits per heavy atom. The topological polar surface area (TPSA) is 163 Å². The molecule has 1 saturated carbocycles. The van der Waals surface area contributed by atoms with E-state index < -0.39 is 21.7 Å². The third-order valence-corrected chi connectivity index (χ3v) is 10.7. The Labute approximate surface area is 282 Å². The summed E-state index contributed by atoms with van der Waals surface area (Å²) in [7, 11) is -3.72. The summed E-state index contributed by atoms with van der Waals surface area (Å²) < 4.78 is 43.4. The van der Waals surface area contributed by atoms with Crippen molar-refractivity contribution in [1.82, 2.24) is 24.5 Å². The van der Waals surface area contributed by atoms with Crippen LogP contribution in [0.15, 0.2) is 52.0 Å². The normalized spacial score (nSPS) is 15.7. The van der Waals surface area contributed by atoms with Crippen LogP contribution in [0.2, 0.25) is 0 Å². The second kappa shape index (κ2) is 15.5. The van der Waals surface area contributed by atoms with Crippen molar-refractivity contribution in [3.05, 3.63) is 64.0 Å². The highest BCUT2D eigenvalue weighted by atomic mass is 79.9. The number of amides is 2. The number of sulfonamides is 1. The van der Waals surface area contributed by atoms with E-state index in [-0.39, 0.29) is 33.8 Å². The highest BCUT2D eigenvalue weighted by Crippen LogP contribution is 2.31. The fraction of sp³-hybridized carbons (Fsp3) is 0.438. The zero-order chi connectivity index (χ0) is 33.6. The third-order valence-electron chi connectivity index (χ3n) is 8.62. The molecule has 1 aliphatic carbocycles. The SMILES string of the molecule is Cc1cc(S(=O)(=O)NCCCCN2CCN(C(=O)CC3CCC3)CC2)ccc1Nc1ncc(Br)c(Nc2cccc(F)c2C(N)=O)n1. The van der Waals surface area contributed by atoms with E-state index in [1.165, 1.54) is 43.7 Å². The van der Waals surface area contributed by atoms with Crippen LogP contribution in [0.4, 0.5) is 27.5 Å². The molecule has 1 aromatic heterocycles. The van der Waals surface area contributed by atoms with Crippen LogP contribution in [-0.4, -0.2) is 79.3 Å². The lowest BCUT2D eigenvalue weighted by atomic mass is 9.82. The van der Waals surface area contributed by atoms with E-state index in [1.807, 2.05) is 4.90 Å². The summed E-state index contributed by atoms with van der Waals surface area (Å²) in [5, 5.41) is 5.99. The van der Waals surface area contributed by atoms with Crippen molar-refractivity contribution < 1.29 is 22.4 Å². The minimum absolute atomic E-state index is 0.145. The summed E-state index contributed by atoms with van der Waals surface area (Å²) in [6.45, 7) is 6.21. The average molecular weight is 732 g/mol. The van der Waals surface area contributed by atoms with E-state index in [0.29, 0.717) is 41.0 Å². The van der Waals surface area contributed by atoms with Crippen LogP contribution in [0.1, 0.15) is 54.4 Å². The van der Waals surface area contributed by atoms with E-state index in [0.717, 1.165) is 45.2 Å². The molecular formula is C32H40BrFN8O4S. The van der Waals surface area contributed by atoms with Gasteiger partial charge in [-0.1, -0.05) is 12.5 Å². The van der Waals surface area contributed by atoms with Gasteiger partial charge in [-0.05, 0) is 96.9 Å². The van der Waals surface area contributed by atoms with Crippen molar-refractivity contribution in [1.29, 1.82) is 0 Å². The first kappa shape index (κ1) is 34.7. The number of anilines is 4. The second-order valence-corrected chi connectivity index (χ2v) is 14.6. The largest absolute Gasteiger partial charge is 0.365 e. The number of nitrogens with one attached hydrogen (secondary N) is 3. The summed E-state index contributed by atoms with van der Waals surface area (Å²) in [5.41, 5.74) is 6.45. The van der Waals surface area contributed by atoms with Crippen LogP contribution in [-0.2, 0) is 14.8 Å². The first-order valence-electron chi connectivity index (χ1n) is 15.8. The third kappa shape index (κ3) is 9.03. The first-order valence-corrected chi connectivity index (χ1v) is 18.0. The lowest BCUT2D eigenvalue weighted by molar-refractivity contribution is -0.134. The molecule has 5 rings (SSSR count). The predicted octanol–water partition coefficient (Wildman–Crippen LogP) is 4.67. The quantitative estimate of drug-likeness (QED) is 0.173. The molecule has 0 bridgehead atoms. The van der Waals surface area contributed by atoms with Gasteiger partial charge in [-0.2, -0.15) is 4.98 Å². The molecule has 1 aliphatic heterocycles. The molecule has 3 aromatic rings. The van der Waals surface area contributed by atoms with Crippen LogP contribution in [0.25, 0.3) is 0 Å². The van der Waals surface area contributed by atoms with Gasteiger partial charge in [0.1, 0.15) is 11.6 Å². The Balaban J connectivity index is 1.09. The maximum Gasteiger partial charge on any atom is 0.253 e. The van der Waals surface area contributed by atoms with Gasteiger partial charge in [-0.25, -0.2) is 22.5 Å². The number of halogens is 2. The number of rotatable bonds is 14. The van der Waals surface area contributed by atoms with E-state index >= 15 is 0 Å². The van der Waals surface area contributed by atoms with Crippen molar-refractivity contribution in [2.75, 3.05) is 49.9 Å². The van der Waals surface area contributed by atoms with Crippen molar-refractivity contribution in [3.8, 4) is 0 Å². The van der Waals surface area contributed by atoms with E-state index in [4.69, 9.17) is 5.73 Å². The summed E-state index contributed by atoms with van der Waals surface area (Å²) >= 11 is 3.35. The molecule has 252 valence electrons. The molecule has 2 aliphatic rings. The van der Waals surface area contributed by atoms with Crippen molar-refractivity contribution in [2.45, 2.75) is 50.3 Å². The smallest absolute Gasteiger partial charge is 0.253 e. The average Bonchev–Trinajstić information content (AvgIpc) is 3.01.